The highest BCUT2D eigenvalue weighted by atomic mass is 32.2. The summed E-state index contributed by atoms with van der Waals surface area (Å²) in [5.74, 6) is 0.121. The molecule has 22 heavy (non-hydrogen) atoms. The fourth-order valence-electron chi connectivity index (χ4n) is 2.66. The Bertz CT molecular complexity index is 731. The summed E-state index contributed by atoms with van der Waals surface area (Å²) in [6.07, 6.45) is 8.37. The van der Waals surface area contributed by atoms with E-state index < -0.39 is 10.0 Å². The van der Waals surface area contributed by atoms with Gasteiger partial charge in [-0.1, -0.05) is 57.2 Å². The molecule has 0 saturated heterocycles. The number of hydrogen-bond acceptors (Lipinski definition) is 3. The number of aromatic nitrogens is 1. The minimum Gasteiger partial charge on any atom is -0.298 e. The minimum atomic E-state index is -3.41. The molecular formula is C17H23NO3S. The molecule has 0 aliphatic rings. The van der Waals surface area contributed by atoms with Crippen LogP contribution in [0.25, 0.3) is 10.9 Å². The highest BCUT2D eigenvalue weighted by Crippen LogP contribution is 2.22. The van der Waals surface area contributed by atoms with Crippen LogP contribution in [0.3, 0.4) is 0 Å². The zero-order chi connectivity index (χ0) is 16.0. The number of aldehydes is 1. The number of hydrogen-bond donors (Lipinski definition) is 0. The van der Waals surface area contributed by atoms with Gasteiger partial charge in [0.2, 0.25) is 10.0 Å². The van der Waals surface area contributed by atoms with Crippen LogP contribution in [0.15, 0.2) is 30.5 Å². The van der Waals surface area contributed by atoms with Gasteiger partial charge in [0.15, 0.2) is 6.29 Å². The number of unbranched alkanes of at least 4 members (excludes halogenated alkanes) is 5. The summed E-state index contributed by atoms with van der Waals surface area (Å²) in [4.78, 5) is 11.1. The average molecular weight is 321 g/mol. The molecule has 2 aromatic rings. The van der Waals surface area contributed by atoms with Gasteiger partial charge in [0.1, 0.15) is 0 Å². The van der Waals surface area contributed by atoms with Crippen LogP contribution in [-0.4, -0.2) is 24.4 Å². The van der Waals surface area contributed by atoms with E-state index in [1.807, 2.05) is 0 Å². The van der Waals surface area contributed by atoms with Crippen LogP contribution in [0.4, 0.5) is 0 Å². The number of nitrogens with zero attached hydrogens (tertiary/aromatic N) is 1. The highest BCUT2D eigenvalue weighted by molar-refractivity contribution is 7.90. The van der Waals surface area contributed by atoms with E-state index in [1.54, 1.807) is 24.3 Å². The van der Waals surface area contributed by atoms with Crippen LogP contribution < -0.4 is 0 Å². The summed E-state index contributed by atoms with van der Waals surface area (Å²) < 4.78 is 26.3. The summed E-state index contributed by atoms with van der Waals surface area (Å²) in [5.41, 5.74) is 0.998. The quantitative estimate of drug-likeness (QED) is 0.518. The first kappa shape index (κ1) is 16.7. The lowest BCUT2D eigenvalue weighted by Gasteiger charge is -2.07. The molecule has 1 aromatic carbocycles. The van der Waals surface area contributed by atoms with Crippen LogP contribution in [0.5, 0.6) is 0 Å². The number of fused-ring (bicyclic) bond motifs is 1. The zero-order valence-electron chi connectivity index (χ0n) is 13.0. The SMILES string of the molecule is CCCCCCCCS(=O)(=O)n1cc(C=O)c2ccccc21. The summed E-state index contributed by atoms with van der Waals surface area (Å²) in [6, 6.07) is 7.10. The molecule has 1 heterocycles. The van der Waals surface area contributed by atoms with Crippen molar-refractivity contribution in [2.45, 2.75) is 45.4 Å². The van der Waals surface area contributed by atoms with E-state index in [2.05, 4.69) is 6.92 Å². The van der Waals surface area contributed by atoms with Crippen molar-refractivity contribution in [3.63, 3.8) is 0 Å². The lowest BCUT2D eigenvalue weighted by atomic mass is 10.1. The van der Waals surface area contributed by atoms with Crippen LogP contribution in [0.2, 0.25) is 0 Å². The number of para-hydroxylation sites is 1. The lowest BCUT2D eigenvalue weighted by molar-refractivity contribution is 0.112. The van der Waals surface area contributed by atoms with E-state index >= 15 is 0 Å². The van der Waals surface area contributed by atoms with Gasteiger partial charge in [-0.3, -0.25) is 4.79 Å². The van der Waals surface area contributed by atoms with Crippen molar-refractivity contribution in [3.05, 3.63) is 36.0 Å². The zero-order valence-corrected chi connectivity index (χ0v) is 13.8. The van der Waals surface area contributed by atoms with Crippen molar-refractivity contribution >= 4 is 27.2 Å². The Kier molecular flexibility index (Phi) is 5.77. The molecule has 0 N–H and O–H groups in total. The second kappa shape index (κ2) is 7.58. The van der Waals surface area contributed by atoms with E-state index in [9.17, 15) is 13.2 Å². The topological polar surface area (TPSA) is 56.1 Å². The van der Waals surface area contributed by atoms with Gasteiger partial charge in [-0.25, -0.2) is 12.4 Å². The molecule has 0 spiro atoms. The molecule has 4 nitrogen and oxygen atoms in total. The van der Waals surface area contributed by atoms with Gasteiger partial charge in [0.05, 0.1) is 11.3 Å². The van der Waals surface area contributed by atoms with Crippen molar-refractivity contribution in [2.75, 3.05) is 5.75 Å². The molecule has 0 aliphatic heterocycles. The Labute approximate surface area is 132 Å². The van der Waals surface area contributed by atoms with Crippen LogP contribution in [-0.2, 0) is 10.0 Å². The molecule has 0 unspecified atom stereocenters. The first-order valence-corrected chi connectivity index (χ1v) is 9.49. The molecule has 2 rings (SSSR count). The monoisotopic (exact) mass is 321 g/mol. The number of carbonyl (C=O) groups excluding carboxylic acids is 1. The molecule has 1 aromatic heterocycles. The van der Waals surface area contributed by atoms with Gasteiger partial charge in [-0.15, -0.1) is 0 Å². The molecule has 0 amide bonds. The second-order valence-electron chi connectivity index (χ2n) is 5.60. The largest absolute Gasteiger partial charge is 0.298 e. The smallest absolute Gasteiger partial charge is 0.239 e. The first-order valence-electron chi connectivity index (χ1n) is 7.88. The van der Waals surface area contributed by atoms with E-state index in [-0.39, 0.29) is 5.75 Å². The first-order chi connectivity index (χ1) is 10.6. The van der Waals surface area contributed by atoms with Crippen molar-refractivity contribution < 1.29 is 13.2 Å². The molecule has 0 bridgehead atoms. The number of rotatable bonds is 9. The second-order valence-corrected chi connectivity index (χ2v) is 7.56. The van der Waals surface area contributed by atoms with Gasteiger partial charge in [-0.2, -0.15) is 0 Å². The van der Waals surface area contributed by atoms with Crippen LogP contribution >= 0.6 is 0 Å². The minimum absolute atomic E-state index is 0.121. The van der Waals surface area contributed by atoms with E-state index in [0.717, 1.165) is 19.3 Å². The number of benzene rings is 1. The van der Waals surface area contributed by atoms with Crippen LogP contribution in [0, 0.1) is 0 Å². The summed E-state index contributed by atoms with van der Waals surface area (Å²) in [6.45, 7) is 2.16. The van der Waals surface area contributed by atoms with Crippen molar-refractivity contribution in [2.24, 2.45) is 0 Å². The Balaban J connectivity index is 2.11. The summed E-state index contributed by atoms with van der Waals surface area (Å²) in [5, 5.41) is 0.684. The predicted molar refractivity (Wildman–Crippen MR) is 89.9 cm³/mol. The lowest BCUT2D eigenvalue weighted by Crippen LogP contribution is -2.15. The molecule has 0 aliphatic carbocycles. The normalized spacial score (nSPS) is 11.9. The molecule has 0 saturated carbocycles. The molecule has 120 valence electrons. The van der Waals surface area contributed by atoms with Gasteiger partial charge in [0.25, 0.3) is 0 Å². The molecular weight excluding hydrogens is 298 g/mol. The van der Waals surface area contributed by atoms with E-state index in [0.29, 0.717) is 29.2 Å². The summed E-state index contributed by atoms with van der Waals surface area (Å²) in [7, 11) is -3.41. The predicted octanol–water partition coefficient (Wildman–Crippen LogP) is 3.99. The third-order valence-corrected chi connectivity index (χ3v) is 5.60. The highest BCUT2D eigenvalue weighted by Gasteiger charge is 2.18. The van der Waals surface area contributed by atoms with Gasteiger partial charge in [0, 0.05) is 17.1 Å². The third-order valence-electron chi connectivity index (χ3n) is 3.89. The van der Waals surface area contributed by atoms with Gasteiger partial charge in [-0.05, 0) is 12.5 Å². The van der Waals surface area contributed by atoms with Gasteiger partial charge < -0.3 is 0 Å². The Morgan fingerprint density at radius 2 is 1.73 bits per heavy atom. The molecule has 0 atom stereocenters. The maximum atomic E-state index is 12.5. The van der Waals surface area contributed by atoms with Crippen molar-refractivity contribution in [1.29, 1.82) is 0 Å². The molecule has 0 radical (unpaired) electrons. The Hall–Kier alpha value is -1.62. The fraction of sp³-hybridized carbons (Fsp3) is 0.471. The Morgan fingerprint density at radius 3 is 2.45 bits per heavy atom. The van der Waals surface area contributed by atoms with Crippen LogP contribution in [0.1, 0.15) is 55.8 Å². The number of carbonyl (C=O) groups is 1. The van der Waals surface area contributed by atoms with Gasteiger partial charge >= 0.3 is 0 Å². The average Bonchev–Trinajstić information content (AvgIpc) is 2.90. The maximum Gasteiger partial charge on any atom is 0.239 e. The van der Waals surface area contributed by atoms with Crippen molar-refractivity contribution in [3.8, 4) is 0 Å². The van der Waals surface area contributed by atoms with Crippen molar-refractivity contribution in [1.82, 2.24) is 3.97 Å². The fourth-order valence-corrected chi connectivity index (χ4v) is 4.16. The maximum absolute atomic E-state index is 12.5. The Morgan fingerprint density at radius 1 is 1.05 bits per heavy atom. The third kappa shape index (κ3) is 3.77. The molecule has 0 fully saturated rings. The molecule has 5 heteroatoms. The summed E-state index contributed by atoms with van der Waals surface area (Å²) >= 11 is 0. The van der Waals surface area contributed by atoms with E-state index in [4.69, 9.17) is 0 Å². The van der Waals surface area contributed by atoms with E-state index in [1.165, 1.54) is 23.0 Å². The standard InChI is InChI=1S/C17H23NO3S/c1-2-3-4-5-6-9-12-22(20,21)18-13-15(14-19)16-10-7-8-11-17(16)18/h7-8,10-11,13-14H,2-6,9,12H2,1H3.